The fourth-order valence-electron chi connectivity index (χ4n) is 2.47. The van der Waals surface area contributed by atoms with Crippen molar-refractivity contribution in [3.63, 3.8) is 0 Å². The van der Waals surface area contributed by atoms with Crippen molar-refractivity contribution < 1.29 is 27.1 Å². The highest BCUT2D eigenvalue weighted by Crippen LogP contribution is 2.29. The number of rotatable bonds is 8. The Morgan fingerprint density at radius 3 is 2.39 bits per heavy atom. The predicted octanol–water partition coefficient (Wildman–Crippen LogP) is 2.68. The Hall–Kier alpha value is -2.65. The van der Waals surface area contributed by atoms with Gasteiger partial charge in [-0.1, -0.05) is 18.2 Å². The molecule has 2 rings (SSSR count). The summed E-state index contributed by atoms with van der Waals surface area (Å²) in [5.41, 5.74) is -1.12. The molecular weight excluding hydrogens is 387 g/mol. The Morgan fingerprint density at radius 2 is 1.79 bits per heavy atom. The predicted molar refractivity (Wildman–Crippen MR) is 104 cm³/mol. The fraction of sp³-hybridized carbons (Fsp3) is 0.316. The Balaban J connectivity index is 2.15. The number of carbonyl (C=O) groups excluding carboxylic acids is 1. The van der Waals surface area contributed by atoms with E-state index in [4.69, 9.17) is 9.47 Å². The van der Waals surface area contributed by atoms with E-state index >= 15 is 0 Å². The number of ether oxygens (including phenoxy) is 2. The fourth-order valence-corrected chi connectivity index (χ4v) is 4.06. The summed E-state index contributed by atoms with van der Waals surface area (Å²) in [6.07, 6.45) is 0. The number of sulfonamides is 1. The summed E-state index contributed by atoms with van der Waals surface area (Å²) in [5, 5.41) is 2.63. The number of methoxy groups -OCH3 is 2. The van der Waals surface area contributed by atoms with Crippen LogP contribution in [0.2, 0.25) is 0 Å². The number of carbonyl (C=O) groups is 1. The van der Waals surface area contributed by atoms with Crippen LogP contribution < -0.4 is 19.5 Å². The number of nitrogens with one attached hydrogen (secondary N) is 2. The second-order valence-corrected chi connectivity index (χ2v) is 8.32. The Morgan fingerprint density at radius 1 is 1.11 bits per heavy atom. The molecule has 28 heavy (non-hydrogen) atoms. The average Bonchev–Trinajstić information content (AvgIpc) is 2.62. The number of anilines is 1. The summed E-state index contributed by atoms with van der Waals surface area (Å²) >= 11 is 0. The molecule has 0 bridgehead atoms. The van der Waals surface area contributed by atoms with E-state index < -0.39 is 33.0 Å². The minimum Gasteiger partial charge on any atom is -0.497 e. The molecule has 0 unspecified atom stereocenters. The average molecular weight is 410 g/mol. The Labute approximate surface area is 163 Å². The molecule has 0 saturated carbocycles. The van der Waals surface area contributed by atoms with Crippen LogP contribution in [-0.2, 0) is 20.6 Å². The third kappa shape index (κ3) is 5.43. The van der Waals surface area contributed by atoms with Crippen molar-refractivity contribution in [2.24, 2.45) is 0 Å². The third-order valence-corrected chi connectivity index (χ3v) is 5.45. The molecule has 0 heterocycles. The smallest absolute Gasteiger partial charge is 0.245 e. The largest absolute Gasteiger partial charge is 0.497 e. The molecule has 0 atom stereocenters. The van der Waals surface area contributed by atoms with Gasteiger partial charge in [-0.25, -0.2) is 12.8 Å². The first-order valence-electron chi connectivity index (χ1n) is 8.36. The summed E-state index contributed by atoms with van der Waals surface area (Å²) in [5.74, 6) is -0.911. The maximum absolute atomic E-state index is 13.7. The molecule has 0 aromatic heterocycles. The zero-order valence-corrected chi connectivity index (χ0v) is 16.9. The highest BCUT2D eigenvalue weighted by molar-refractivity contribution is 7.88. The van der Waals surface area contributed by atoms with Crippen LogP contribution in [0.1, 0.15) is 19.4 Å². The number of amides is 1. The van der Waals surface area contributed by atoms with Gasteiger partial charge in [0.1, 0.15) is 22.9 Å². The first kappa shape index (κ1) is 21.6. The van der Waals surface area contributed by atoms with E-state index in [1.165, 1.54) is 46.3 Å². The summed E-state index contributed by atoms with van der Waals surface area (Å²) < 4.78 is 51.2. The lowest BCUT2D eigenvalue weighted by Gasteiger charge is -2.25. The standard InChI is InChI=1S/C19H23FN2O5S/c1-19(2,22-28(24,25)12-13-7-5-6-8-15(13)20)18(23)21-16-10-9-14(26-3)11-17(16)27-4/h5-11,22H,12H2,1-4H3,(H,21,23). The third-order valence-electron chi connectivity index (χ3n) is 3.94. The van der Waals surface area contributed by atoms with Crippen LogP contribution in [0.3, 0.4) is 0 Å². The van der Waals surface area contributed by atoms with Crippen LogP contribution in [0, 0.1) is 5.82 Å². The highest BCUT2D eigenvalue weighted by Gasteiger charge is 2.33. The Kier molecular flexibility index (Phi) is 6.63. The van der Waals surface area contributed by atoms with Gasteiger partial charge in [0.15, 0.2) is 0 Å². The SMILES string of the molecule is COc1ccc(NC(=O)C(C)(C)NS(=O)(=O)Cc2ccccc2F)c(OC)c1. The maximum Gasteiger partial charge on any atom is 0.245 e. The van der Waals surface area contributed by atoms with Crippen molar-refractivity contribution in [1.82, 2.24) is 4.72 Å². The number of halogens is 1. The molecule has 2 aromatic rings. The van der Waals surface area contributed by atoms with Gasteiger partial charge in [-0.3, -0.25) is 4.79 Å². The summed E-state index contributed by atoms with van der Waals surface area (Å²) in [4.78, 5) is 12.7. The van der Waals surface area contributed by atoms with E-state index in [0.29, 0.717) is 17.2 Å². The van der Waals surface area contributed by atoms with Crippen molar-refractivity contribution in [3.8, 4) is 11.5 Å². The number of hydrogen-bond acceptors (Lipinski definition) is 5. The molecule has 0 aliphatic carbocycles. The van der Waals surface area contributed by atoms with Gasteiger partial charge in [0, 0.05) is 11.6 Å². The van der Waals surface area contributed by atoms with E-state index in [-0.39, 0.29) is 5.56 Å². The van der Waals surface area contributed by atoms with Crippen LogP contribution >= 0.6 is 0 Å². The van der Waals surface area contributed by atoms with Crippen LogP contribution in [0.15, 0.2) is 42.5 Å². The van der Waals surface area contributed by atoms with E-state index in [2.05, 4.69) is 10.0 Å². The number of hydrogen-bond donors (Lipinski definition) is 2. The van der Waals surface area contributed by atoms with Crippen LogP contribution in [0.5, 0.6) is 11.5 Å². The van der Waals surface area contributed by atoms with E-state index in [0.717, 1.165) is 0 Å². The van der Waals surface area contributed by atoms with Gasteiger partial charge in [-0.05, 0) is 32.0 Å². The van der Waals surface area contributed by atoms with Crippen LogP contribution in [0.4, 0.5) is 10.1 Å². The topological polar surface area (TPSA) is 93.7 Å². The lowest BCUT2D eigenvalue weighted by atomic mass is 10.1. The van der Waals surface area contributed by atoms with Crippen molar-refractivity contribution in [1.29, 1.82) is 0 Å². The van der Waals surface area contributed by atoms with Crippen molar-refractivity contribution in [2.75, 3.05) is 19.5 Å². The van der Waals surface area contributed by atoms with Gasteiger partial charge in [0.2, 0.25) is 15.9 Å². The summed E-state index contributed by atoms with van der Waals surface area (Å²) in [7, 11) is -1.04. The highest BCUT2D eigenvalue weighted by atomic mass is 32.2. The molecular formula is C19H23FN2O5S. The van der Waals surface area contributed by atoms with Gasteiger partial charge in [-0.15, -0.1) is 0 Å². The lowest BCUT2D eigenvalue weighted by molar-refractivity contribution is -0.120. The van der Waals surface area contributed by atoms with Crippen molar-refractivity contribution >= 4 is 21.6 Å². The zero-order chi connectivity index (χ0) is 20.9. The molecule has 0 saturated heterocycles. The monoisotopic (exact) mass is 410 g/mol. The van der Waals surface area contributed by atoms with Gasteiger partial charge < -0.3 is 14.8 Å². The normalized spacial score (nSPS) is 11.8. The molecule has 9 heteroatoms. The summed E-state index contributed by atoms with van der Waals surface area (Å²) in [6.45, 7) is 2.83. The molecule has 0 radical (unpaired) electrons. The van der Waals surface area contributed by atoms with Gasteiger partial charge in [0.25, 0.3) is 0 Å². The quantitative estimate of drug-likeness (QED) is 0.698. The lowest BCUT2D eigenvalue weighted by Crippen LogP contribution is -2.52. The minimum absolute atomic E-state index is 0.0167. The van der Waals surface area contributed by atoms with Crippen LogP contribution in [0.25, 0.3) is 0 Å². The molecule has 2 aromatic carbocycles. The molecule has 2 N–H and O–H groups in total. The Bertz CT molecular complexity index is 961. The van der Waals surface area contributed by atoms with Crippen molar-refractivity contribution in [2.45, 2.75) is 25.1 Å². The first-order valence-corrected chi connectivity index (χ1v) is 10.0. The van der Waals surface area contributed by atoms with Crippen LogP contribution in [-0.4, -0.2) is 34.1 Å². The molecule has 0 aliphatic rings. The first-order chi connectivity index (χ1) is 13.1. The van der Waals surface area contributed by atoms with E-state index in [1.807, 2.05) is 0 Å². The van der Waals surface area contributed by atoms with Gasteiger partial charge >= 0.3 is 0 Å². The minimum atomic E-state index is -3.98. The van der Waals surface area contributed by atoms with Gasteiger partial charge in [-0.2, -0.15) is 4.72 Å². The van der Waals surface area contributed by atoms with E-state index in [9.17, 15) is 17.6 Å². The molecule has 0 aliphatic heterocycles. The molecule has 0 fully saturated rings. The second kappa shape index (κ2) is 8.57. The van der Waals surface area contributed by atoms with E-state index in [1.54, 1.807) is 24.3 Å². The molecule has 7 nitrogen and oxygen atoms in total. The maximum atomic E-state index is 13.7. The van der Waals surface area contributed by atoms with Gasteiger partial charge in [0.05, 0.1) is 25.7 Å². The number of benzene rings is 2. The van der Waals surface area contributed by atoms with Crippen molar-refractivity contribution in [3.05, 3.63) is 53.8 Å². The second-order valence-electron chi connectivity index (χ2n) is 6.60. The zero-order valence-electron chi connectivity index (χ0n) is 16.1. The summed E-state index contributed by atoms with van der Waals surface area (Å²) in [6, 6.07) is 10.4. The molecule has 1 amide bonds. The molecule has 152 valence electrons. The molecule has 0 spiro atoms.